The van der Waals surface area contributed by atoms with Crippen LogP contribution in [-0.2, 0) is 5.11 Å². The van der Waals surface area contributed by atoms with Crippen LogP contribution in [0.4, 0.5) is 0 Å². The lowest BCUT2D eigenvalue weighted by Gasteiger charge is -2.03. The highest BCUT2D eigenvalue weighted by atomic mass is 16.5. The summed E-state index contributed by atoms with van der Waals surface area (Å²) in [6, 6.07) is 10.6. The predicted octanol–water partition coefficient (Wildman–Crippen LogP) is 2.99. The van der Waals surface area contributed by atoms with Crippen LogP contribution in [0.3, 0.4) is 0 Å². The van der Waals surface area contributed by atoms with Gasteiger partial charge in [0.05, 0.1) is 7.11 Å². The molecule has 65 valence electrons. The van der Waals surface area contributed by atoms with Crippen LogP contribution in [0.5, 0.6) is 11.5 Å². The van der Waals surface area contributed by atoms with E-state index in [1.165, 1.54) is 0 Å². The first-order chi connectivity index (χ1) is 6.31. The number of hydrogen-bond donors (Lipinski definition) is 0. The van der Waals surface area contributed by atoms with Crippen molar-refractivity contribution in [2.45, 2.75) is 0 Å². The summed E-state index contributed by atoms with van der Waals surface area (Å²) in [4.78, 5) is 0. The Hall–Kier alpha value is -1.70. The van der Waals surface area contributed by atoms with Crippen molar-refractivity contribution in [1.29, 1.82) is 0 Å². The molecule has 0 amide bonds. The number of benzene rings is 2. The highest BCUT2D eigenvalue weighted by Crippen LogP contribution is 2.27. The van der Waals surface area contributed by atoms with Crippen molar-refractivity contribution in [1.82, 2.24) is 0 Å². The zero-order chi connectivity index (χ0) is 9.26. The molecule has 0 fully saturated rings. The molecule has 2 nitrogen and oxygen atoms in total. The largest absolute Gasteiger partial charge is 0.496 e. The molecule has 0 aliphatic heterocycles. The molecule has 0 aromatic heterocycles. The fourth-order valence-corrected chi connectivity index (χ4v) is 1.41. The zero-order valence-corrected chi connectivity index (χ0v) is 7.28. The predicted molar refractivity (Wildman–Crippen MR) is 50.6 cm³/mol. The molecule has 2 rings (SSSR count). The van der Waals surface area contributed by atoms with Gasteiger partial charge in [0.15, 0.2) is 5.75 Å². The summed E-state index contributed by atoms with van der Waals surface area (Å²) >= 11 is 0. The van der Waals surface area contributed by atoms with Crippen LogP contribution < -0.4 is 4.74 Å². The van der Waals surface area contributed by atoms with E-state index in [1.54, 1.807) is 25.3 Å². The quantitative estimate of drug-likeness (QED) is 0.651. The average Bonchev–Trinajstić information content (AvgIpc) is 2.16. The van der Waals surface area contributed by atoms with Gasteiger partial charge in [0.1, 0.15) is 5.75 Å². The Balaban J connectivity index is 2.77. The van der Waals surface area contributed by atoms with Gasteiger partial charge in [0.2, 0.25) is 0 Å². The lowest BCUT2D eigenvalue weighted by atomic mass is 10.1. The van der Waals surface area contributed by atoms with E-state index in [9.17, 15) is 5.11 Å². The summed E-state index contributed by atoms with van der Waals surface area (Å²) < 4.78 is 5.17. The molecule has 13 heavy (non-hydrogen) atoms. The molecule has 0 unspecified atom stereocenters. The first kappa shape index (κ1) is 7.92. The van der Waals surface area contributed by atoms with Gasteiger partial charge in [-0.05, 0) is 29.7 Å². The molecule has 0 bridgehead atoms. The van der Waals surface area contributed by atoms with Crippen LogP contribution in [0, 0.1) is 0 Å². The molecule has 0 spiro atoms. The second-order valence-electron chi connectivity index (χ2n) is 2.84. The maximum Gasteiger partial charge on any atom is 0.179 e. The van der Waals surface area contributed by atoms with E-state index < -0.39 is 0 Å². The number of methoxy groups -OCH3 is 1. The molecule has 0 aliphatic rings. The Bertz CT molecular complexity index is 435. The van der Waals surface area contributed by atoms with Crippen molar-refractivity contribution >= 4 is 10.8 Å². The Labute approximate surface area is 76.4 Å². The second kappa shape index (κ2) is 2.98. The molecule has 0 heterocycles. The van der Waals surface area contributed by atoms with Crippen LogP contribution >= 0.6 is 0 Å². The van der Waals surface area contributed by atoms with Crippen molar-refractivity contribution < 1.29 is 9.84 Å². The standard InChI is InChI=1S/C11H9O2/c1-13-11-4-2-3-8-7-9(12)5-6-10(8)11/h2-7H,1H3. The Kier molecular flexibility index (Phi) is 1.81. The van der Waals surface area contributed by atoms with Gasteiger partial charge in [-0.15, -0.1) is 0 Å². The smallest absolute Gasteiger partial charge is 0.179 e. The molecule has 2 heteroatoms. The SMILES string of the molecule is COc1cccc2cc([O])ccc12. The monoisotopic (exact) mass is 173 g/mol. The van der Waals surface area contributed by atoms with E-state index in [4.69, 9.17) is 4.74 Å². The normalized spacial score (nSPS) is 10.2. The molecule has 1 radical (unpaired) electrons. The van der Waals surface area contributed by atoms with E-state index >= 15 is 0 Å². The number of ether oxygens (including phenoxy) is 1. The van der Waals surface area contributed by atoms with Gasteiger partial charge in [-0.3, -0.25) is 5.11 Å². The molecular formula is C11H9O2. The van der Waals surface area contributed by atoms with E-state index in [0.717, 1.165) is 16.5 Å². The van der Waals surface area contributed by atoms with Crippen LogP contribution in [0.2, 0.25) is 0 Å². The van der Waals surface area contributed by atoms with Crippen molar-refractivity contribution in [3.63, 3.8) is 0 Å². The number of hydrogen-bond acceptors (Lipinski definition) is 1. The van der Waals surface area contributed by atoms with Crippen LogP contribution in [-0.4, -0.2) is 7.11 Å². The van der Waals surface area contributed by atoms with Crippen molar-refractivity contribution in [3.05, 3.63) is 36.4 Å². The summed E-state index contributed by atoms with van der Waals surface area (Å²) in [5.41, 5.74) is 0. The summed E-state index contributed by atoms with van der Waals surface area (Å²) in [6.45, 7) is 0. The zero-order valence-electron chi connectivity index (χ0n) is 7.28. The lowest BCUT2D eigenvalue weighted by molar-refractivity contribution is 0.355. The molecule has 0 atom stereocenters. The van der Waals surface area contributed by atoms with Crippen LogP contribution in [0.25, 0.3) is 10.8 Å². The van der Waals surface area contributed by atoms with Gasteiger partial charge < -0.3 is 4.74 Å². The lowest BCUT2D eigenvalue weighted by Crippen LogP contribution is -1.83. The highest BCUT2D eigenvalue weighted by Gasteiger charge is 2.00. The third kappa shape index (κ3) is 1.31. The van der Waals surface area contributed by atoms with E-state index in [2.05, 4.69) is 0 Å². The fourth-order valence-electron chi connectivity index (χ4n) is 1.41. The van der Waals surface area contributed by atoms with Gasteiger partial charge in [-0.1, -0.05) is 12.1 Å². The fraction of sp³-hybridized carbons (Fsp3) is 0.0909. The number of rotatable bonds is 1. The van der Waals surface area contributed by atoms with Crippen molar-refractivity contribution in [2.75, 3.05) is 7.11 Å². The van der Waals surface area contributed by atoms with E-state index in [-0.39, 0.29) is 5.75 Å². The Morgan fingerprint density at radius 3 is 2.77 bits per heavy atom. The van der Waals surface area contributed by atoms with E-state index in [0.29, 0.717) is 0 Å². The van der Waals surface area contributed by atoms with Gasteiger partial charge in [0.25, 0.3) is 0 Å². The van der Waals surface area contributed by atoms with Gasteiger partial charge >= 0.3 is 0 Å². The highest BCUT2D eigenvalue weighted by molar-refractivity contribution is 5.89. The van der Waals surface area contributed by atoms with Crippen molar-refractivity contribution in [3.8, 4) is 11.5 Å². The van der Waals surface area contributed by atoms with Gasteiger partial charge in [-0.25, -0.2) is 0 Å². The maximum atomic E-state index is 11.0. The van der Waals surface area contributed by atoms with Gasteiger partial charge in [-0.2, -0.15) is 0 Å². The molecule has 0 saturated heterocycles. The van der Waals surface area contributed by atoms with Crippen LogP contribution in [0.15, 0.2) is 36.4 Å². The first-order valence-electron chi connectivity index (χ1n) is 4.05. The summed E-state index contributed by atoms with van der Waals surface area (Å²) in [5.74, 6) is 0.832. The average molecular weight is 173 g/mol. The molecule has 2 aromatic carbocycles. The first-order valence-corrected chi connectivity index (χ1v) is 4.05. The number of fused-ring (bicyclic) bond motifs is 1. The van der Waals surface area contributed by atoms with E-state index in [1.807, 2.05) is 18.2 Å². The molecule has 0 N–H and O–H groups in total. The molecular weight excluding hydrogens is 164 g/mol. The minimum Gasteiger partial charge on any atom is -0.496 e. The summed E-state index contributed by atoms with van der Waals surface area (Å²) in [7, 11) is 1.62. The third-order valence-electron chi connectivity index (χ3n) is 2.03. The third-order valence-corrected chi connectivity index (χ3v) is 2.03. The minimum atomic E-state index is 0.0285. The van der Waals surface area contributed by atoms with Gasteiger partial charge in [0, 0.05) is 5.39 Å². The maximum absolute atomic E-state index is 11.0. The summed E-state index contributed by atoms with van der Waals surface area (Å²) in [5, 5.41) is 12.9. The molecule has 0 aliphatic carbocycles. The molecule has 0 saturated carbocycles. The topological polar surface area (TPSA) is 29.1 Å². The van der Waals surface area contributed by atoms with Crippen molar-refractivity contribution in [2.24, 2.45) is 0 Å². The Morgan fingerprint density at radius 2 is 2.00 bits per heavy atom. The molecule has 2 aromatic rings. The van der Waals surface area contributed by atoms with Crippen LogP contribution in [0.1, 0.15) is 0 Å². The minimum absolute atomic E-state index is 0.0285. The summed E-state index contributed by atoms with van der Waals surface area (Å²) in [6.07, 6.45) is 0. The second-order valence-corrected chi connectivity index (χ2v) is 2.84. The Morgan fingerprint density at radius 1 is 1.15 bits per heavy atom.